The summed E-state index contributed by atoms with van der Waals surface area (Å²) in [4.78, 5) is 16.3. The summed E-state index contributed by atoms with van der Waals surface area (Å²) in [5, 5.41) is 6.41. The molecule has 1 aliphatic heterocycles. The normalized spacial score (nSPS) is 16.1. The van der Waals surface area contributed by atoms with Crippen molar-refractivity contribution in [2.75, 3.05) is 19.6 Å². The number of halogens is 2. The van der Waals surface area contributed by atoms with Crippen LogP contribution in [0.5, 0.6) is 0 Å². The van der Waals surface area contributed by atoms with E-state index in [4.69, 9.17) is 4.42 Å². The molecule has 1 atom stereocenters. The molecule has 1 unspecified atom stereocenters. The molecule has 2 aromatic rings. The molecule has 0 radical (unpaired) electrons. The minimum atomic E-state index is 0. The van der Waals surface area contributed by atoms with E-state index in [0.717, 1.165) is 37.4 Å². The van der Waals surface area contributed by atoms with E-state index < -0.39 is 0 Å². The number of aryl methyl sites for hydroxylation is 2. The summed E-state index contributed by atoms with van der Waals surface area (Å²) in [5.74, 6) is 2.12. The molecular formula is C20H29Cl2N3O2. The van der Waals surface area contributed by atoms with Crippen molar-refractivity contribution in [2.45, 2.75) is 39.0 Å². The van der Waals surface area contributed by atoms with Crippen molar-refractivity contribution in [1.29, 1.82) is 0 Å². The number of aromatic nitrogens is 1. The predicted molar refractivity (Wildman–Crippen MR) is 113 cm³/mol. The second kappa shape index (κ2) is 12.0. The third-order valence-electron chi connectivity index (χ3n) is 4.73. The van der Waals surface area contributed by atoms with Crippen molar-refractivity contribution >= 4 is 30.7 Å². The highest BCUT2D eigenvalue weighted by atomic mass is 35.5. The van der Waals surface area contributed by atoms with Gasteiger partial charge in [-0.2, -0.15) is 0 Å². The molecule has 0 bridgehead atoms. The monoisotopic (exact) mass is 413 g/mol. The van der Waals surface area contributed by atoms with Gasteiger partial charge in [0.2, 0.25) is 5.91 Å². The van der Waals surface area contributed by atoms with E-state index in [2.05, 4.69) is 22.5 Å². The van der Waals surface area contributed by atoms with Gasteiger partial charge in [-0.3, -0.25) is 4.79 Å². The van der Waals surface area contributed by atoms with E-state index in [0.29, 0.717) is 24.7 Å². The first-order valence-corrected chi connectivity index (χ1v) is 9.20. The highest BCUT2D eigenvalue weighted by Gasteiger charge is 2.13. The molecule has 1 saturated heterocycles. The van der Waals surface area contributed by atoms with Crippen LogP contribution in [-0.2, 0) is 11.2 Å². The molecule has 1 aromatic heterocycles. The zero-order valence-electron chi connectivity index (χ0n) is 15.7. The van der Waals surface area contributed by atoms with E-state index >= 15 is 0 Å². The van der Waals surface area contributed by atoms with E-state index in [1.807, 2.05) is 24.3 Å². The number of nitrogens with zero attached hydrogens (tertiary/aromatic N) is 1. The maximum absolute atomic E-state index is 12.0. The maximum atomic E-state index is 12.0. The van der Waals surface area contributed by atoms with Crippen LogP contribution in [-0.4, -0.2) is 30.5 Å². The van der Waals surface area contributed by atoms with Gasteiger partial charge in [0, 0.05) is 24.9 Å². The van der Waals surface area contributed by atoms with E-state index in [1.165, 1.54) is 18.4 Å². The van der Waals surface area contributed by atoms with Crippen molar-refractivity contribution in [3.05, 3.63) is 41.9 Å². The first kappa shape index (κ1) is 23.5. The Hall–Kier alpha value is -1.56. The number of benzene rings is 1. The number of rotatable bonds is 7. The Balaban J connectivity index is 0.00000182. The average Bonchev–Trinajstić information content (AvgIpc) is 3.10. The van der Waals surface area contributed by atoms with Gasteiger partial charge in [-0.05, 0) is 45.2 Å². The highest BCUT2D eigenvalue weighted by Crippen LogP contribution is 2.21. The number of carbonyl (C=O) groups is 1. The van der Waals surface area contributed by atoms with Gasteiger partial charge < -0.3 is 15.1 Å². The van der Waals surface area contributed by atoms with Gasteiger partial charge in [0.25, 0.3) is 0 Å². The SMILES string of the molecule is Cc1ccc(-c2cnc(CCC(=O)NCCC3CCCNC3)o2)cc1.Cl.Cl. The van der Waals surface area contributed by atoms with Crippen molar-refractivity contribution in [3.8, 4) is 11.3 Å². The molecule has 2 heterocycles. The molecule has 0 spiro atoms. The molecule has 0 saturated carbocycles. The number of oxazole rings is 1. The second-order valence-corrected chi connectivity index (χ2v) is 6.84. The summed E-state index contributed by atoms with van der Waals surface area (Å²) in [5.41, 5.74) is 2.22. The first-order valence-electron chi connectivity index (χ1n) is 9.20. The van der Waals surface area contributed by atoms with Crippen LogP contribution >= 0.6 is 24.8 Å². The van der Waals surface area contributed by atoms with Crippen LogP contribution in [0, 0.1) is 12.8 Å². The lowest BCUT2D eigenvalue weighted by atomic mass is 9.96. The minimum Gasteiger partial charge on any atom is -0.441 e. The van der Waals surface area contributed by atoms with Crippen molar-refractivity contribution in [2.24, 2.45) is 5.92 Å². The molecule has 2 N–H and O–H groups in total. The summed E-state index contributed by atoms with van der Waals surface area (Å²) in [6.07, 6.45) is 6.23. The van der Waals surface area contributed by atoms with Crippen LogP contribution in [0.4, 0.5) is 0 Å². The van der Waals surface area contributed by atoms with Gasteiger partial charge in [0.1, 0.15) is 0 Å². The van der Waals surface area contributed by atoms with Crippen molar-refractivity contribution in [3.63, 3.8) is 0 Å². The number of amides is 1. The van der Waals surface area contributed by atoms with Gasteiger partial charge in [-0.1, -0.05) is 29.8 Å². The zero-order chi connectivity index (χ0) is 17.5. The first-order chi connectivity index (χ1) is 12.2. The molecule has 3 rings (SSSR count). The molecule has 1 fully saturated rings. The Morgan fingerprint density at radius 2 is 2.07 bits per heavy atom. The van der Waals surface area contributed by atoms with Gasteiger partial charge in [-0.25, -0.2) is 4.98 Å². The minimum absolute atomic E-state index is 0. The number of carbonyl (C=O) groups excluding carboxylic acids is 1. The van der Waals surface area contributed by atoms with Crippen LogP contribution in [0.3, 0.4) is 0 Å². The van der Waals surface area contributed by atoms with Crippen LogP contribution < -0.4 is 10.6 Å². The number of hydrogen-bond acceptors (Lipinski definition) is 4. The topological polar surface area (TPSA) is 67.2 Å². The molecule has 0 aliphatic carbocycles. The number of nitrogens with one attached hydrogen (secondary N) is 2. The summed E-state index contributed by atoms with van der Waals surface area (Å²) < 4.78 is 5.76. The lowest BCUT2D eigenvalue weighted by molar-refractivity contribution is -0.121. The van der Waals surface area contributed by atoms with Crippen LogP contribution in [0.1, 0.15) is 37.1 Å². The Bertz CT molecular complexity index is 683. The van der Waals surface area contributed by atoms with Crippen LogP contribution in [0.15, 0.2) is 34.9 Å². The van der Waals surface area contributed by atoms with Gasteiger partial charge in [-0.15, -0.1) is 24.8 Å². The highest BCUT2D eigenvalue weighted by molar-refractivity contribution is 5.85. The Labute approximate surface area is 173 Å². The lowest BCUT2D eigenvalue weighted by Crippen LogP contribution is -2.33. The standard InChI is InChI=1S/C20H27N3O2.2ClH/c1-15-4-6-17(7-5-15)18-14-23-20(25-18)9-8-19(24)22-12-10-16-3-2-11-21-13-16;;/h4-7,14,16,21H,2-3,8-13H2,1H3,(H,22,24);2*1H. The van der Waals surface area contributed by atoms with E-state index in [-0.39, 0.29) is 30.7 Å². The smallest absolute Gasteiger partial charge is 0.220 e. The molecule has 5 nitrogen and oxygen atoms in total. The number of hydrogen-bond donors (Lipinski definition) is 2. The zero-order valence-corrected chi connectivity index (χ0v) is 17.3. The van der Waals surface area contributed by atoms with Crippen molar-refractivity contribution < 1.29 is 9.21 Å². The number of piperidine rings is 1. The largest absolute Gasteiger partial charge is 0.441 e. The Kier molecular flexibility index (Phi) is 10.4. The molecule has 27 heavy (non-hydrogen) atoms. The maximum Gasteiger partial charge on any atom is 0.220 e. The molecule has 1 aromatic carbocycles. The lowest BCUT2D eigenvalue weighted by Gasteiger charge is -2.22. The average molecular weight is 414 g/mol. The van der Waals surface area contributed by atoms with Crippen LogP contribution in [0.25, 0.3) is 11.3 Å². The molecule has 1 amide bonds. The Morgan fingerprint density at radius 1 is 1.30 bits per heavy atom. The second-order valence-electron chi connectivity index (χ2n) is 6.84. The molecular weight excluding hydrogens is 385 g/mol. The third kappa shape index (κ3) is 7.53. The molecule has 1 aliphatic rings. The van der Waals surface area contributed by atoms with Gasteiger partial charge in [0.15, 0.2) is 11.7 Å². The summed E-state index contributed by atoms with van der Waals surface area (Å²) in [7, 11) is 0. The van der Waals surface area contributed by atoms with Crippen molar-refractivity contribution in [1.82, 2.24) is 15.6 Å². The Morgan fingerprint density at radius 3 is 2.78 bits per heavy atom. The fourth-order valence-electron chi connectivity index (χ4n) is 3.17. The van der Waals surface area contributed by atoms with E-state index in [1.54, 1.807) is 6.20 Å². The fourth-order valence-corrected chi connectivity index (χ4v) is 3.17. The quantitative estimate of drug-likeness (QED) is 0.721. The molecule has 150 valence electrons. The summed E-state index contributed by atoms with van der Waals surface area (Å²) in [6, 6.07) is 8.14. The predicted octanol–water partition coefficient (Wildman–Crippen LogP) is 3.93. The third-order valence-corrected chi connectivity index (χ3v) is 4.73. The van der Waals surface area contributed by atoms with Crippen LogP contribution in [0.2, 0.25) is 0 Å². The van der Waals surface area contributed by atoms with Gasteiger partial charge >= 0.3 is 0 Å². The fraction of sp³-hybridized carbons (Fsp3) is 0.500. The molecule has 7 heteroatoms. The summed E-state index contributed by atoms with van der Waals surface area (Å²) >= 11 is 0. The summed E-state index contributed by atoms with van der Waals surface area (Å²) in [6.45, 7) is 5.02. The van der Waals surface area contributed by atoms with Gasteiger partial charge in [0.05, 0.1) is 6.20 Å². The van der Waals surface area contributed by atoms with E-state index in [9.17, 15) is 4.79 Å².